The molecule has 3 heterocycles. The van der Waals surface area contributed by atoms with Gasteiger partial charge in [-0.25, -0.2) is 0 Å². The summed E-state index contributed by atoms with van der Waals surface area (Å²) in [6, 6.07) is 56.2. The van der Waals surface area contributed by atoms with Gasteiger partial charge in [0.15, 0.2) is 0 Å². The fourth-order valence-electron chi connectivity index (χ4n) is 8.58. The van der Waals surface area contributed by atoms with Gasteiger partial charge in [-0.1, -0.05) is 0 Å². The molecule has 0 N–H and O–H groups in total. The summed E-state index contributed by atoms with van der Waals surface area (Å²) in [7, 11) is 0. The SMILES string of the molecule is c1ccc2c(c1)-c1ccccc1[Te]213(c2ccccc2-c2ccccc21)c1ccccc1-c1ccccc13. The average Bonchev–Trinajstić information content (AvgIpc) is 3.50. The summed E-state index contributed by atoms with van der Waals surface area (Å²) in [5.41, 5.74) is 8.34. The van der Waals surface area contributed by atoms with Crippen molar-refractivity contribution in [3.63, 3.8) is 0 Å². The summed E-state index contributed by atoms with van der Waals surface area (Å²) >= 11 is -5.35. The fourth-order valence-corrected chi connectivity index (χ4v) is 38.4. The van der Waals surface area contributed by atoms with Crippen LogP contribution in [-0.4, -0.2) is 15.4 Å². The van der Waals surface area contributed by atoms with Crippen LogP contribution in [-0.2, 0) is 0 Å². The van der Waals surface area contributed by atoms with Crippen molar-refractivity contribution >= 4 is 37.1 Å². The van der Waals surface area contributed by atoms with Crippen molar-refractivity contribution in [1.29, 1.82) is 0 Å². The van der Waals surface area contributed by atoms with Gasteiger partial charge in [-0.15, -0.1) is 0 Å². The third-order valence-electron chi connectivity index (χ3n) is 9.49. The second kappa shape index (κ2) is 6.15. The summed E-state index contributed by atoms with van der Waals surface area (Å²) in [6.07, 6.45) is 0. The molecule has 9 rings (SSSR count). The van der Waals surface area contributed by atoms with Gasteiger partial charge < -0.3 is 0 Å². The molecule has 0 aromatic heterocycles. The first-order chi connectivity index (χ1) is 18.3. The molecule has 3 aliphatic rings. The summed E-state index contributed by atoms with van der Waals surface area (Å²) in [5.74, 6) is 0. The molecule has 0 bridgehead atoms. The van der Waals surface area contributed by atoms with Gasteiger partial charge in [0, 0.05) is 0 Å². The zero-order valence-corrected chi connectivity index (χ0v) is 22.6. The van der Waals surface area contributed by atoms with Crippen molar-refractivity contribution in [1.82, 2.24) is 0 Å². The number of hydrogen-bond acceptors (Lipinski definition) is 0. The van der Waals surface area contributed by atoms with Gasteiger partial charge in [-0.2, -0.15) is 0 Å². The van der Waals surface area contributed by atoms with Crippen molar-refractivity contribution in [2.75, 3.05) is 0 Å². The Labute approximate surface area is 215 Å². The van der Waals surface area contributed by atoms with E-state index in [0.29, 0.717) is 0 Å². The molecule has 174 valence electrons. The molecular weight excluding hydrogens is 560 g/mol. The quantitative estimate of drug-likeness (QED) is 0.227. The van der Waals surface area contributed by atoms with E-state index in [0.717, 1.165) is 0 Å². The van der Waals surface area contributed by atoms with Crippen LogP contribution in [0.25, 0.3) is 33.4 Å². The van der Waals surface area contributed by atoms with Crippen LogP contribution in [0.4, 0.5) is 0 Å². The van der Waals surface area contributed by atoms with E-state index in [1.165, 1.54) is 55.0 Å². The Morgan fingerprint density at radius 3 is 0.568 bits per heavy atom. The van der Waals surface area contributed by atoms with E-state index in [1.807, 2.05) is 0 Å². The van der Waals surface area contributed by atoms with Gasteiger partial charge in [-0.05, 0) is 0 Å². The Morgan fingerprint density at radius 2 is 0.378 bits per heavy atom. The second-order valence-electron chi connectivity index (χ2n) is 10.5. The molecule has 1 heteroatoms. The molecule has 37 heavy (non-hydrogen) atoms. The van der Waals surface area contributed by atoms with E-state index in [1.54, 1.807) is 0 Å². The second-order valence-corrected chi connectivity index (χ2v) is 26.8. The number of fused-ring (bicyclic) bond motifs is 9. The summed E-state index contributed by atoms with van der Waals surface area (Å²) < 4.78 is 9.17. The molecule has 0 saturated carbocycles. The maximum atomic E-state index is 2.48. The molecule has 6 aromatic carbocycles. The first-order valence-corrected chi connectivity index (χ1v) is 19.9. The minimum absolute atomic E-state index is 1.39. The van der Waals surface area contributed by atoms with E-state index >= 15 is 0 Å². The molecule has 6 aromatic rings. The third-order valence-corrected chi connectivity index (χ3v) is 34.4. The van der Waals surface area contributed by atoms with Crippen LogP contribution in [0.2, 0.25) is 0 Å². The number of benzene rings is 6. The molecule has 0 unspecified atom stereocenters. The monoisotopic (exact) mass is 586 g/mol. The summed E-state index contributed by atoms with van der Waals surface area (Å²) in [6.45, 7) is 0. The van der Waals surface area contributed by atoms with Crippen molar-refractivity contribution in [3.8, 4) is 33.4 Å². The molecule has 0 aliphatic carbocycles. The summed E-state index contributed by atoms with van der Waals surface area (Å²) in [4.78, 5) is 0. The van der Waals surface area contributed by atoms with Gasteiger partial charge in [0.05, 0.1) is 0 Å². The van der Waals surface area contributed by atoms with Gasteiger partial charge in [0.2, 0.25) is 0 Å². The number of hydrogen-bond donors (Lipinski definition) is 0. The average molecular weight is 584 g/mol. The van der Waals surface area contributed by atoms with Crippen molar-refractivity contribution < 1.29 is 0 Å². The predicted molar refractivity (Wildman–Crippen MR) is 159 cm³/mol. The molecule has 0 amide bonds. The molecule has 0 atom stereocenters. The van der Waals surface area contributed by atoms with Crippen molar-refractivity contribution in [3.05, 3.63) is 146 Å². The van der Waals surface area contributed by atoms with Gasteiger partial charge in [0.25, 0.3) is 0 Å². The predicted octanol–water partition coefficient (Wildman–Crippen LogP) is 4.73. The zero-order valence-electron chi connectivity index (χ0n) is 20.3. The van der Waals surface area contributed by atoms with E-state index < -0.39 is 15.4 Å². The molecule has 1 spiro atoms. The Hall–Kier alpha value is -3.89. The van der Waals surface area contributed by atoms with E-state index in [2.05, 4.69) is 146 Å². The van der Waals surface area contributed by atoms with E-state index in [4.69, 9.17) is 0 Å². The van der Waals surface area contributed by atoms with E-state index in [9.17, 15) is 0 Å². The van der Waals surface area contributed by atoms with Crippen molar-refractivity contribution in [2.24, 2.45) is 0 Å². The molecule has 0 radical (unpaired) electrons. The molecule has 3 aliphatic heterocycles. The van der Waals surface area contributed by atoms with Crippen LogP contribution in [0.3, 0.4) is 0 Å². The first-order valence-electron chi connectivity index (χ1n) is 12.9. The maximum absolute atomic E-state index is 5.35. The minimum atomic E-state index is -5.35. The zero-order chi connectivity index (χ0) is 24.3. The fraction of sp³-hybridized carbons (Fsp3) is 0. The van der Waals surface area contributed by atoms with Crippen LogP contribution in [0.1, 0.15) is 0 Å². The van der Waals surface area contributed by atoms with Crippen LogP contribution < -0.4 is 21.7 Å². The van der Waals surface area contributed by atoms with Crippen molar-refractivity contribution in [2.45, 2.75) is 0 Å². The van der Waals surface area contributed by atoms with Crippen LogP contribution in [0, 0.1) is 0 Å². The Bertz CT molecular complexity index is 1600. The number of rotatable bonds is 0. The first kappa shape index (κ1) is 20.2. The van der Waals surface area contributed by atoms with Crippen LogP contribution in [0.5, 0.6) is 0 Å². The third kappa shape index (κ3) is 1.62. The molecule has 0 fully saturated rings. The van der Waals surface area contributed by atoms with Gasteiger partial charge in [-0.3, -0.25) is 0 Å². The molecular formula is C36H24Te. The summed E-state index contributed by atoms with van der Waals surface area (Å²) in [5, 5.41) is 0. The van der Waals surface area contributed by atoms with Gasteiger partial charge in [0.1, 0.15) is 0 Å². The molecule has 0 saturated heterocycles. The van der Waals surface area contributed by atoms with Crippen LogP contribution >= 0.6 is 0 Å². The normalized spacial score (nSPS) is 18.8. The standard InChI is InChI=1S/C36H24Te/c1-7-19-31-25(13-1)26-14-2-8-20-32(26)37(31,33-21-9-3-15-27(33)28-16-4-10-22-34(28)37)35-23-11-5-17-29(35)30-18-6-12-24-36(30)37/h1-24H. The van der Waals surface area contributed by atoms with Crippen LogP contribution in [0.15, 0.2) is 146 Å². The Balaban J connectivity index is 1.81. The Kier molecular flexibility index (Phi) is 3.36. The van der Waals surface area contributed by atoms with E-state index in [-0.39, 0.29) is 0 Å². The molecule has 0 nitrogen and oxygen atoms in total. The van der Waals surface area contributed by atoms with Gasteiger partial charge >= 0.3 is 216 Å². The Morgan fingerprint density at radius 1 is 0.216 bits per heavy atom. The topological polar surface area (TPSA) is 0 Å².